The maximum absolute atomic E-state index is 12.2. The van der Waals surface area contributed by atoms with Gasteiger partial charge in [0.05, 0.1) is 14.2 Å². The minimum absolute atomic E-state index is 0. The summed E-state index contributed by atoms with van der Waals surface area (Å²) in [4.78, 5) is 2.49. The quantitative estimate of drug-likeness (QED) is 0.614. The van der Waals surface area contributed by atoms with Gasteiger partial charge in [0, 0.05) is 31.2 Å². The third-order valence-corrected chi connectivity index (χ3v) is 8.54. The molecule has 1 aliphatic carbocycles. The lowest BCUT2D eigenvalue weighted by Crippen LogP contribution is -2.36. The second kappa shape index (κ2) is 9.22. The highest BCUT2D eigenvalue weighted by molar-refractivity contribution is 7.91. The van der Waals surface area contributed by atoms with Crippen LogP contribution in [0.4, 0.5) is 0 Å². The fraction of sp³-hybridized carbons (Fsp3) is 0.500. The Morgan fingerprint density at radius 3 is 2.79 bits per heavy atom. The van der Waals surface area contributed by atoms with Gasteiger partial charge in [0.15, 0.2) is 11.5 Å². The van der Waals surface area contributed by atoms with Crippen LogP contribution in [0, 0.1) is 0 Å². The number of methoxy groups -OCH3 is 2. The van der Waals surface area contributed by atoms with Crippen LogP contribution in [0.3, 0.4) is 0 Å². The van der Waals surface area contributed by atoms with Crippen molar-refractivity contribution in [3.8, 4) is 11.5 Å². The van der Waals surface area contributed by atoms with Gasteiger partial charge in [0.1, 0.15) is 4.21 Å². The van der Waals surface area contributed by atoms with Crippen LogP contribution in [-0.4, -0.2) is 47.2 Å². The molecule has 0 bridgehead atoms. The first-order valence-electron chi connectivity index (χ1n) is 9.59. The van der Waals surface area contributed by atoms with Crippen molar-refractivity contribution in [2.75, 3.05) is 33.9 Å². The molecule has 160 valence electrons. The van der Waals surface area contributed by atoms with E-state index >= 15 is 0 Å². The monoisotopic (exact) mass is 458 g/mol. The molecular formula is C20H27ClN2O4S2. The molecule has 0 saturated heterocycles. The minimum Gasteiger partial charge on any atom is -0.493 e. The zero-order valence-corrected chi connectivity index (χ0v) is 19.1. The van der Waals surface area contributed by atoms with Gasteiger partial charge in [0.25, 0.3) is 0 Å². The highest BCUT2D eigenvalue weighted by atomic mass is 35.5. The number of rotatable bonds is 8. The van der Waals surface area contributed by atoms with E-state index in [2.05, 4.69) is 15.7 Å². The molecule has 1 N–H and O–H groups in total. The van der Waals surface area contributed by atoms with Crippen LogP contribution in [0.15, 0.2) is 27.8 Å². The van der Waals surface area contributed by atoms with Crippen LogP contribution in [0.1, 0.15) is 35.6 Å². The maximum Gasteiger partial charge on any atom is 0.250 e. The van der Waals surface area contributed by atoms with Crippen molar-refractivity contribution < 1.29 is 17.9 Å². The fourth-order valence-electron chi connectivity index (χ4n) is 4.47. The Morgan fingerprint density at radius 2 is 2.10 bits per heavy atom. The van der Waals surface area contributed by atoms with Gasteiger partial charge in [-0.2, -0.15) is 0 Å². The van der Waals surface area contributed by atoms with Crippen LogP contribution in [0.25, 0.3) is 0 Å². The van der Waals surface area contributed by atoms with Gasteiger partial charge in [-0.1, -0.05) is 6.07 Å². The first kappa shape index (κ1) is 22.4. The van der Waals surface area contributed by atoms with E-state index in [1.54, 1.807) is 31.7 Å². The molecule has 2 aliphatic rings. The van der Waals surface area contributed by atoms with Gasteiger partial charge in [-0.15, -0.1) is 23.7 Å². The molecule has 1 aliphatic heterocycles. The summed E-state index contributed by atoms with van der Waals surface area (Å²) in [6, 6.07) is 5.91. The molecule has 4 rings (SSSR count). The van der Waals surface area contributed by atoms with Crippen LogP contribution in [0.5, 0.6) is 11.5 Å². The maximum atomic E-state index is 12.2. The molecule has 1 unspecified atom stereocenters. The van der Waals surface area contributed by atoms with Crippen molar-refractivity contribution in [2.24, 2.45) is 0 Å². The number of nitrogens with zero attached hydrogens (tertiary/aromatic N) is 1. The topological polar surface area (TPSA) is 67.9 Å². The summed E-state index contributed by atoms with van der Waals surface area (Å²) in [5, 5.41) is 1.78. The number of ether oxygens (including phenoxy) is 2. The third kappa shape index (κ3) is 4.27. The van der Waals surface area contributed by atoms with Crippen molar-refractivity contribution in [3.05, 3.63) is 40.3 Å². The van der Waals surface area contributed by atoms with Crippen LogP contribution >= 0.6 is 23.7 Å². The SMILES string of the molecule is COc1cc2c3c(c1OC)CCC3N(CCCNS(=O)(=O)c1cccs1)CC2.Cl. The molecule has 1 aromatic heterocycles. The van der Waals surface area contributed by atoms with Crippen LogP contribution in [-0.2, 0) is 22.9 Å². The Labute approximate surface area is 182 Å². The second-order valence-electron chi connectivity index (χ2n) is 7.19. The zero-order chi connectivity index (χ0) is 19.7. The van der Waals surface area contributed by atoms with Crippen molar-refractivity contribution in [2.45, 2.75) is 35.9 Å². The number of hydrogen-bond donors (Lipinski definition) is 1. The van der Waals surface area contributed by atoms with Crippen molar-refractivity contribution >= 4 is 33.8 Å². The van der Waals surface area contributed by atoms with E-state index in [9.17, 15) is 8.42 Å². The van der Waals surface area contributed by atoms with Gasteiger partial charge in [-0.25, -0.2) is 13.1 Å². The number of sulfonamides is 1. The van der Waals surface area contributed by atoms with Gasteiger partial charge in [-0.3, -0.25) is 4.90 Å². The van der Waals surface area contributed by atoms with Crippen LogP contribution < -0.4 is 14.2 Å². The number of nitrogens with one attached hydrogen (secondary N) is 1. The summed E-state index contributed by atoms with van der Waals surface area (Å²) in [6.45, 7) is 2.32. The van der Waals surface area contributed by atoms with Gasteiger partial charge in [0.2, 0.25) is 10.0 Å². The molecule has 2 aromatic rings. The summed E-state index contributed by atoms with van der Waals surface area (Å²) in [5.41, 5.74) is 4.05. The van der Waals surface area contributed by atoms with Crippen molar-refractivity contribution in [1.82, 2.24) is 9.62 Å². The van der Waals surface area contributed by atoms with Crippen LogP contribution in [0.2, 0.25) is 0 Å². The highest BCUT2D eigenvalue weighted by Crippen LogP contribution is 2.48. The molecule has 0 radical (unpaired) electrons. The Kier molecular flexibility index (Phi) is 7.11. The van der Waals surface area contributed by atoms with E-state index in [0.717, 1.165) is 50.3 Å². The summed E-state index contributed by atoms with van der Waals surface area (Å²) < 4.78 is 38.7. The third-order valence-electron chi connectivity index (χ3n) is 5.68. The number of halogens is 1. The van der Waals surface area contributed by atoms with E-state index in [-0.39, 0.29) is 12.4 Å². The molecule has 0 spiro atoms. The lowest BCUT2D eigenvalue weighted by atomic mass is 9.92. The smallest absolute Gasteiger partial charge is 0.250 e. The van der Waals surface area contributed by atoms with E-state index in [1.807, 2.05) is 0 Å². The molecule has 6 nitrogen and oxygen atoms in total. The average Bonchev–Trinajstić information content (AvgIpc) is 3.38. The Hall–Kier alpha value is -1.32. The summed E-state index contributed by atoms with van der Waals surface area (Å²) in [5.74, 6) is 1.70. The largest absolute Gasteiger partial charge is 0.493 e. The van der Waals surface area contributed by atoms with Crippen molar-refractivity contribution in [1.29, 1.82) is 0 Å². The van der Waals surface area contributed by atoms with E-state index < -0.39 is 10.0 Å². The first-order chi connectivity index (χ1) is 13.5. The van der Waals surface area contributed by atoms with Crippen molar-refractivity contribution in [3.63, 3.8) is 0 Å². The Bertz CT molecular complexity index is 948. The lowest BCUT2D eigenvalue weighted by Gasteiger charge is -2.35. The van der Waals surface area contributed by atoms with E-state index in [1.165, 1.54) is 28.0 Å². The summed E-state index contributed by atoms with van der Waals surface area (Å²) >= 11 is 1.24. The first-order valence-corrected chi connectivity index (χ1v) is 11.9. The fourth-order valence-corrected chi connectivity index (χ4v) is 6.58. The Morgan fingerprint density at radius 1 is 1.28 bits per heavy atom. The lowest BCUT2D eigenvalue weighted by molar-refractivity contribution is 0.184. The summed E-state index contributed by atoms with van der Waals surface area (Å²) in [6.07, 6.45) is 3.85. The molecule has 0 amide bonds. The second-order valence-corrected chi connectivity index (χ2v) is 10.1. The minimum atomic E-state index is -3.37. The highest BCUT2D eigenvalue weighted by Gasteiger charge is 2.36. The summed E-state index contributed by atoms with van der Waals surface area (Å²) in [7, 11) is 0.0185. The number of thiophene rings is 1. The predicted molar refractivity (Wildman–Crippen MR) is 117 cm³/mol. The molecule has 9 heteroatoms. The zero-order valence-electron chi connectivity index (χ0n) is 16.6. The number of hydrogen-bond acceptors (Lipinski definition) is 6. The number of benzene rings is 1. The Balaban J connectivity index is 0.00000240. The van der Waals surface area contributed by atoms with E-state index in [0.29, 0.717) is 16.8 Å². The molecule has 0 saturated carbocycles. The van der Waals surface area contributed by atoms with Gasteiger partial charge in [-0.05, 0) is 54.3 Å². The molecule has 2 heterocycles. The van der Waals surface area contributed by atoms with Gasteiger partial charge >= 0.3 is 0 Å². The standard InChI is InChI=1S/C20H26N2O4S2.ClH/c1-25-17-13-14-8-11-22(16-7-6-15(19(14)16)20(17)26-2)10-4-9-21-28(23,24)18-5-3-12-27-18;/h3,5,12-13,16,21H,4,6-11H2,1-2H3;1H. The molecule has 0 fully saturated rings. The molecule has 1 aromatic carbocycles. The van der Waals surface area contributed by atoms with Gasteiger partial charge < -0.3 is 9.47 Å². The molecule has 29 heavy (non-hydrogen) atoms. The normalized spacial score (nSPS) is 18.2. The predicted octanol–water partition coefficient (Wildman–Crippen LogP) is 3.40. The molecule has 1 atom stereocenters. The van der Waals surface area contributed by atoms with E-state index in [4.69, 9.17) is 9.47 Å². The average molecular weight is 459 g/mol. The molecular weight excluding hydrogens is 432 g/mol.